The van der Waals surface area contributed by atoms with Crippen LogP contribution in [0.4, 0.5) is 20.3 Å². The molecule has 7 aromatic rings. The maximum Gasteiger partial charge on any atom is 0.329 e. The average molecular weight is 921 g/mol. The zero-order chi connectivity index (χ0) is 47.4. The van der Waals surface area contributed by atoms with Gasteiger partial charge in [0, 0.05) is 80.9 Å². The van der Waals surface area contributed by atoms with Crippen molar-refractivity contribution in [1.29, 1.82) is 0 Å². The van der Waals surface area contributed by atoms with Gasteiger partial charge < -0.3 is 15.2 Å². The first-order chi connectivity index (χ1) is 32.7. The Hall–Kier alpha value is -7.04. The molecule has 0 aliphatic carbocycles. The molecular formula is C52H54F2N10O4. The molecule has 350 valence electrons. The SMILES string of the molecule is CN(C(=O)c1ccc(C2CCN(Cc3cc4c(-c5ccc(N)nc5)ccnc4n3C)CC2)cc1)c1ccc(C2CCN(Cc3ccc4c(c3)n(C)c(=O)n4C3CCC(=O)NC3=O)CC2(F)F)cc1. The van der Waals surface area contributed by atoms with E-state index in [1.54, 1.807) is 66.5 Å². The number of halogens is 2. The number of imide groups is 1. The number of benzene rings is 3. The molecule has 68 heavy (non-hydrogen) atoms. The third-order valence-corrected chi connectivity index (χ3v) is 14.5. The van der Waals surface area contributed by atoms with Crippen molar-refractivity contribution in [3.8, 4) is 11.1 Å². The molecule has 0 radical (unpaired) electrons. The summed E-state index contributed by atoms with van der Waals surface area (Å²) in [6.45, 7) is 2.99. The molecule has 0 spiro atoms. The monoisotopic (exact) mass is 920 g/mol. The van der Waals surface area contributed by atoms with Gasteiger partial charge in [-0.05, 0) is 134 Å². The van der Waals surface area contributed by atoms with Gasteiger partial charge in [-0.25, -0.2) is 23.5 Å². The number of nitrogens with two attached hydrogens (primary N) is 1. The van der Waals surface area contributed by atoms with Crippen molar-refractivity contribution in [2.24, 2.45) is 14.1 Å². The normalized spacial score (nSPS) is 19.4. The molecule has 2 unspecified atom stereocenters. The van der Waals surface area contributed by atoms with E-state index >= 15 is 8.78 Å². The van der Waals surface area contributed by atoms with Gasteiger partial charge in [-0.1, -0.05) is 30.3 Å². The predicted octanol–water partition coefficient (Wildman–Crippen LogP) is 7.13. The van der Waals surface area contributed by atoms with Crippen LogP contribution in [0.2, 0.25) is 0 Å². The zero-order valence-electron chi connectivity index (χ0n) is 38.4. The number of nitrogens with zero attached hydrogens (tertiary/aromatic N) is 8. The van der Waals surface area contributed by atoms with Gasteiger partial charge in [0.1, 0.15) is 17.5 Å². The first-order valence-electron chi connectivity index (χ1n) is 23.2. The third-order valence-electron chi connectivity index (χ3n) is 14.5. The summed E-state index contributed by atoms with van der Waals surface area (Å²) in [7, 11) is 5.39. The molecule has 3 aliphatic heterocycles. The minimum absolute atomic E-state index is 0.140. The number of likely N-dealkylation sites (tertiary alicyclic amines) is 2. The molecule has 3 aliphatic rings. The summed E-state index contributed by atoms with van der Waals surface area (Å²) >= 11 is 0. The van der Waals surface area contributed by atoms with Crippen molar-refractivity contribution >= 4 is 51.3 Å². The Morgan fingerprint density at radius 3 is 2.25 bits per heavy atom. The third kappa shape index (κ3) is 8.47. The smallest absolute Gasteiger partial charge is 0.329 e. The quantitative estimate of drug-likeness (QED) is 0.136. The fraction of sp³-hybridized carbons (Fsp3) is 0.346. The lowest BCUT2D eigenvalue weighted by molar-refractivity contribution is -0.135. The minimum Gasteiger partial charge on any atom is -0.384 e. The Morgan fingerprint density at radius 2 is 1.54 bits per heavy atom. The fourth-order valence-electron chi connectivity index (χ4n) is 10.6. The second-order valence-corrected chi connectivity index (χ2v) is 18.7. The number of carbonyl (C=O) groups is 3. The number of alkyl halides is 2. The van der Waals surface area contributed by atoms with Crippen LogP contribution in [0.3, 0.4) is 0 Å². The lowest BCUT2D eigenvalue weighted by Gasteiger charge is -2.38. The fourth-order valence-corrected chi connectivity index (χ4v) is 10.6. The van der Waals surface area contributed by atoms with Crippen LogP contribution in [0.1, 0.15) is 82.7 Å². The summed E-state index contributed by atoms with van der Waals surface area (Å²) in [6.07, 6.45) is 6.26. The molecule has 7 heterocycles. The first kappa shape index (κ1) is 44.8. The largest absolute Gasteiger partial charge is 0.384 e. The molecule has 3 fully saturated rings. The molecule has 3 aromatic carbocycles. The molecule has 0 bridgehead atoms. The van der Waals surface area contributed by atoms with Gasteiger partial charge in [-0.15, -0.1) is 0 Å². The first-order valence-corrected chi connectivity index (χ1v) is 23.2. The van der Waals surface area contributed by atoms with Crippen molar-refractivity contribution in [3.63, 3.8) is 0 Å². The van der Waals surface area contributed by atoms with Crippen LogP contribution < -0.4 is 21.6 Å². The molecule has 4 aromatic heterocycles. The van der Waals surface area contributed by atoms with Gasteiger partial charge in [0.2, 0.25) is 11.8 Å². The number of hydrogen-bond donors (Lipinski definition) is 2. The molecule has 3 saturated heterocycles. The number of hydrogen-bond acceptors (Lipinski definition) is 9. The highest BCUT2D eigenvalue weighted by Gasteiger charge is 2.45. The number of anilines is 2. The topological polar surface area (TPSA) is 157 Å². The predicted molar refractivity (Wildman–Crippen MR) is 257 cm³/mol. The number of aromatic nitrogens is 5. The molecular weight excluding hydrogens is 867 g/mol. The zero-order valence-corrected chi connectivity index (χ0v) is 38.4. The van der Waals surface area contributed by atoms with E-state index in [0.717, 1.165) is 60.2 Å². The summed E-state index contributed by atoms with van der Waals surface area (Å²) in [4.78, 5) is 65.9. The number of rotatable bonds is 10. The van der Waals surface area contributed by atoms with Crippen LogP contribution in [-0.4, -0.2) is 90.3 Å². The number of imidazole rings is 1. The molecule has 10 rings (SSSR count). The molecule has 2 atom stereocenters. The van der Waals surface area contributed by atoms with E-state index in [-0.39, 0.29) is 43.3 Å². The van der Waals surface area contributed by atoms with Gasteiger partial charge in [-0.2, -0.15) is 0 Å². The molecule has 16 heteroatoms. The van der Waals surface area contributed by atoms with E-state index in [1.807, 2.05) is 42.6 Å². The van der Waals surface area contributed by atoms with Crippen LogP contribution in [0, 0.1) is 0 Å². The van der Waals surface area contributed by atoms with Crippen molar-refractivity contribution in [3.05, 3.63) is 142 Å². The minimum atomic E-state index is -3.01. The van der Waals surface area contributed by atoms with Crippen molar-refractivity contribution < 1.29 is 23.2 Å². The van der Waals surface area contributed by atoms with Crippen LogP contribution in [0.25, 0.3) is 33.2 Å². The van der Waals surface area contributed by atoms with Gasteiger partial charge in [0.15, 0.2) is 0 Å². The summed E-state index contributed by atoms with van der Waals surface area (Å²) in [5.41, 5.74) is 14.5. The number of amides is 3. The Morgan fingerprint density at radius 1 is 0.809 bits per heavy atom. The number of nitrogen functional groups attached to an aromatic ring is 1. The highest BCUT2D eigenvalue weighted by atomic mass is 19.3. The summed E-state index contributed by atoms with van der Waals surface area (Å²) < 4.78 is 36.9. The number of nitrogens with one attached hydrogen (secondary N) is 1. The molecule has 14 nitrogen and oxygen atoms in total. The Bertz CT molecular complexity index is 3120. The summed E-state index contributed by atoms with van der Waals surface area (Å²) in [5.74, 6) is -4.17. The Kier molecular flexibility index (Phi) is 11.8. The molecule has 3 amide bonds. The summed E-state index contributed by atoms with van der Waals surface area (Å²) in [5, 5.41) is 3.40. The Balaban J connectivity index is 0.727. The number of piperidine rings is 3. The van der Waals surface area contributed by atoms with Gasteiger partial charge >= 0.3 is 5.69 Å². The van der Waals surface area contributed by atoms with Crippen molar-refractivity contribution in [2.75, 3.05) is 43.9 Å². The lowest BCUT2D eigenvalue weighted by Crippen LogP contribution is -2.46. The number of aryl methyl sites for hydroxylation is 2. The van der Waals surface area contributed by atoms with Gasteiger partial charge in [0.25, 0.3) is 11.8 Å². The number of pyridine rings is 2. The highest BCUT2D eigenvalue weighted by Crippen LogP contribution is 2.41. The standard InChI is InChI=1S/C52H54F2N10O4/c1-59-39(27-41-40(18-22-56-48(41)59)37-11-16-46(55)57-28-37)30-62-23-19-34(20-24-62)33-5-7-36(8-6-33)50(67)60(2)38-12-9-35(10-13-38)42-21-25-63(31-52(42,53)54)29-32-4-14-43-45(26-32)61(3)51(68)64(43)44-15-17-47(65)58-49(44)66/h4-14,16,18,22,26-28,34,42,44H,15,17,19-21,23-25,29-31H2,1-3H3,(H2,55,57)(H,58,65,66). The average Bonchev–Trinajstić information content (AvgIpc) is 3.78. The second-order valence-electron chi connectivity index (χ2n) is 18.7. The van der Waals surface area contributed by atoms with E-state index < -0.39 is 30.3 Å². The lowest BCUT2D eigenvalue weighted by atomic mass is 9.86. The second kappa shape index (κ2) is 17.9. The maximum atomic E-state index is 15.9. The summed E-state index contributed by atoms with van der Waals surface area (Å²) in [6, 6.07) is 27.4. The van der Waals surface area contributed by atoms with Crippen molar-refractivity contribution in [1.82, 2.24) is 38.8 Å². The number of carbonyl (C=O) groups excluding carboxylic acids is 3. The van der Waals surface area contributed by atoms with E-state index in [0.29, 0.717) is 46.1 Å². The van der Waals surface area contributed by atoms with Gasteiger partial charge in [-0.3, -0.25) is 38.6 Å². The van der Waals surface area contributed by atoms with Crippen LogP contribution in [0.15, 0.2) is 108 Å². The number of fused-ring (bicyclic) bond motifs is 2. The maximum absolute atomic E-state index is 15.9. The van der Waals surface area contributed by atoms with E-state index in [2.05, 4.69) is 50.0 Å². The molecule has 0 saturated carbocycles. The molecule has 3 N–H and O–H groups in total. The van der Waals surface area contributed by atoms with Gasteiger partial charge in [0.05, 0.1) is 23.5 Å². The van der Waals surface area contributed by atoms with E-state index in [1.165, 1.54) is 20.4 Å². The van der Waals surface area contributed by atoms with E-state index in [4.69, 9.17) is 5.73 Å². The van der Waals surface area contributed by atoms with Crippen LogP contribution >= 0.6 is 0 Å². The van der Waals surface area contributed by atoms with E-state index in [9.17, 15) is 19.2 Å². The van der Waals surface area contributed by atoms with Crippen LogP contribution in [-0.2, 0) is 36.8 Å². The van der Waals surface area contributed by atoms with Crippen molar-refractivity contribution in [2.45, 2.75) is 69.0 Å². The van der Waals surface area contributed by atoms with Crippen LogP contribution in [0.5, 0.6) is 0 Å². The highest BCUT2D eigenvalue weighted by molar-refractivity contribution is 6.05. The Labute approximate surface area is 392 Å².